The molecule has 0 saturated carbocycles. The Morgan fingerprint density at radius 2 is 2.20 bits per heavy atom. The molecule has 2 aromatic rings. The van der Waals surface area contributed by atoms with Gasteiger partial charge < -0.3 is 18.9 Å². The van der Waals surface area contributed by atoms with Crippen LogP contribution in [0.4, 0.5) is 0 Å². The van der Waals surface area contributed by atoms with Crippen molar-refractivity contribution in [2.75, 3.05) is 0 Å². The monoisotopic (exact) mass is 207 g/mol. The molecule has 0 unspecified atom stereocenters. The summed E-state index contributed by atoms with van der Waals surface area (Å²) in [5.41, 5.74) is 1.61. The van der Waals surface area contributed by atoms with Crippen molar-refractivity contribution in [2.24, 2.45) is 5.90 Å². The molecule has 3 N–H and O–H groups in total. The molecule has 0 aliphatic rings. The second-order valence-electron chi connectivity index (χ2n) is 3.01. The number of benzene rings is 1. The van der Waals surface area contributed by atoms with E-state index in [0.29, 0.717) is 0 Å². The Morgan fingerprint density at radius 3 is 3.00 bits per heavy atom. The highest BCUT2D eigenvalue weighted by atomic mass is 16.7. The van der Waals surface area contributed by atoms with Gasteiger partial charge in [0.1, 0.15) is 5.58 Å². The fraction of sp³-hybridized carbons (Fsp3) is 0.111. The van der Waals surface area contributed by atoms with Crippen LogP contribution in [0.25, 0.3) is 11.0 Å². The van der Waals surface area contributed by atoms with E-state index in [4.69, 9.17) is 20.0 Å². The lowest BCUT2D eigenvalue weighted by molar-refractivity contribution is 0.127. The van der Waals surface area contributed by atoms with Gasteiger partial charge >= 0.3 is 7.32 Å². The fourth-order valence-electron chi connectivity index (χ4n) is 1.34. The fourth-order valence-corrected chi connectivity index (χ4v) is 1.34. The number of furan rings is 1. The van der Waals surface area contributed by atoms with E-state index in [1.807, 2.05) is 24.3 Å². The third-order valence-electron chi connectivity index (χ3n) is 2.06. The lowest BCUT2D eigenvalue weighted by atomic mass is 10.2. The molecule has 1 aromatic heterocycles. The molecule has 0 atom stereocenters. The van der Waals surface area contributed by atoms with E-state index in [9.17, 15) is 0 Å². The maximum atomic E-state index is 8.93. The Hall–Kier alpha value is -1.34. The maximum absolute atomic E-state index is 8.93. The number of hydrogen-bond donors (Lipinski definition) is 2. The number of hydrogen-bond acceptors (Lipinski definition) is 5. The van der Waals surface area contributed by atoms with Crippen LogP contribution in [0.2, 0.25) is 0 Å². The van der Waals surface area contributed by atoms with Crippen LogP contribution in [0.1, 0.15) is 5.56 Å². The van der Waals surface area contributed by atoms with E-state index in [0.717, 1.165) is 16.5 Å². The minimum Gasteiger partial charge on any atom is -0.464 e. The lowest BCUT2D eigenvalue weighted by Crippen LogP contribution is -2.25. The SMILES string of the molecule is NOB(O)OCc1coc2ccccc12. The zero-order chi connectivity index (χ0) is 10.7. The van der Waals surface area contributed by atoms with Gasteiger partial charge in [-0.05, 0) is 6.07 Å². The second kappa shape index (κ2) is 4.46. The van der Waals surface area contributed by atoms with Crippen LogP contribution in [0.15, 0.2) is 34.9 Å². The van der Waals surface area contributed by atoms with Crippen LogP contribution in [-0.2, 0) is 16.0 Å². The summed E-state index contributed by atoms with van der Waals surface area (Å²) >= 11 is 0. The smallest absolute Gasteiger partial charge is 0.464 e. The molecule has 0 radical (unpaired) electrons. The summed E-state index contributed by atoms with van der Waals surface area (Å²) in [6.45, 7) is 0.176. The summed E-state index contributed by atoms with van der Waals surface area (Å²) in [5, 5.41) is 9.87. The van der Waals surface area contributed by atoms with Gasteiger partial charge in [-0.2, -0.15) is 0 Å². The highest BCUT2D eigenvalue weighted by Crippen LogP contribution is 2.21. The molecular formula is C9H10BNO4. The lowest BCUT2D eigenvalue weighted by Gasteiger charge is -2.02. The van der Waals surface area contributed by atoms with Gasteiger partial charge in [-0.15, -0.1) is 0 Å². The van der Waals surface area contributed by atoms with Crippen LogP contribution in [0.5, 0.6) is 0 Å². The van der Waals surface area contributed by atoms with Crippen molar-refractivity contribution in [3.63, 3.8) is 0 Å². The molecule has 6 heteroatoms. The highest BCUT2D eigenvalue weighted by molar-refractivity contribution is 6.34. The van der Waals surface area contributed by atoms with E-state index < -0.39 is 7.32 Å². The normalized spacial score (nSPS) is 10.8. The van der Waals surface area contributed by atoms with Crippen molar-refractivity contribution in [3.05, 3.63) is 36.1 Å². The summed E-state index contributed by atoms with van der Waals surface area (Å²) in [7, 11) is -1.42. The molecule has 0 aliphatic heterocycles. The molecule has 0 amide bonds. The van der Waals surface area contributed by atoms with Crippen molar-refractivity contribution in [2.45, 2.75) is 6.61 Å². The molecule has 1 heterocycles. The topological polar surface area (TPSA) is 77.9 Å². The minimum atomic E-state index is -1.42. The van der Waals surface area contributed by atoms with Gasteiger partial charge in [0.15, 0.2) is 0 Å². The molecule has 0 bridgehead atoms. The van der Waals surface area contributed by atoms with Gasteiger partial charge in [0.05, 0.1) is 12.9 Å². The number of nitrogens with two attached hydrogens (primary N) is 1. The van der Waals surface area contributed by atoms with Gasteiger partial charge in [-0.1, -0.05) is 18.2 Å². The summed E-state index contributed by atoms with van der Waals surface area (Å²) in [6, 6.07) is 7.55. The number of rotatable bonds is 4. The molecule has 5 nitrogen and oxygen atoms in total. The molecule has 1 aromatic carbocycles. The molecular weight excluding hydrogens is 197 g/mol. The first-order valence-electron chi connectivity index (χ1n) is 4.41. The minimum absolute atomic E-state index is 0.176. The standard InChI is InChI=1S/C9H10BNO4/c11-15-10(12)14-6-7-5-13-9-4-2-1-3-8(7)9/h1-5,12H,6,11H2. The average Bonchev–Trinajstić information content (AvgIpc) is 2.69. The highest BCUT2D eigenvalue weighted by Gasteiger charge is 2.15. The predicted octanol–water partition coefficient (Wildman–Crippen LogP) is 0.817. The molecule has 0 spiro atoms. The van der Waals surface area contributed by atoms with Crippen LogP contribution in [0.3, 0.4) is 0 Å². The van der Waals surface area contributed by atoms with E-state index >= 15 is 0 Å². The molecule has 2 rings (SSSR count). The van der Waals surface area contributed by atoms with Gasteiger partial charge in [-0.3, -0.25) is 0 Å². The maximum Gasteiger partial charge on any atom is 0.654 e. The summed E-state index contributed by atoms with van der Waals surface area (Å²) in [5.74, 6) is 4.73. The van der Waals surface area contributed by atoms with Crippen LogP contribution < -0.4 is 5.90 Å². The van der Waals surface area contributed by atoms with Gasteiger partial charge in [0, 0.05) is 10.9 Å². The largest absolute Gasteiger partial charge is 0.654 e. The molecule has 15 heavy (non-hydrogen) atoms. The van der Waals surface area contributed by atoms with Crippen molar-refractivity contribution in [1.82, 2.24) is 0 Å². The second-order valence-corrected chi connectivity index (χ2v) is 3.01. The third kappa shape index (κ3) is 2.19. The zero-order valence-corrected chi connectivity index (χ0v) is 7.92. The van der Waals surface area contributed by atoms with Gasteiger partial charge in [-0.25, -0.2) is 5.90 Å². The van der Waals surface area contributed by atoms with Crippen LogP contribution >= 0.6 is 0 Å². The first kappa shape index (κ1) is 10.2. The predicted molar refractivity (Wildman–Crippen MR) is 54.2 cm³/mol. The molecule has 0 saturated heterocycles. The first-order valence-corrected chi connectivity index (χ1v) is 4.41. The molecule has 0 aliphatic carbocycles. The van der Waals surface area contributed by atoms with Gasteiger partial charge in [0.2, 0.25) is 0 Å². The van der Waals surface area contributed by atoms with E-state index in [2.05, 4.69) is 4.76 Å². The van der Waals surface area contributed by atoms with Gasteiger partial charge in [0.25, 0.3) is 0 Å². The van der Waals surface area contributed by atoms with Crippen LogP contribution in [0, 0.1) is 0 Å². The Morgan fingerprint density at radius 1 is 1.40 bits per heavy atom. The molecule has 78 valence electrons. The Bertz CT molecular complexity index is 444. The van der Waals surface area contributed by atoms with Crippen LogP contribution in [-0.4, -0.2) is 12.3 Å². The van der Waals surface area contributed by atoms with Crippen molar-refractivity contribution in [1.29, 1.82) is 0 Å². The number of para-hydroxylation sites is 1. The van der Waals surface area contributed by atoms with E-state index in [-0.39, 0.29) is 6.61 Å². The third-order valence-corrected chi connectivity index (χ3v) is 2.06. The Balaban J connectivity index is 2.14. The summed E-state index contributed by atoms with van der Waals surface area (Å²) in [4.78, 5) is 0. The quantitative estimate of drug-likeness (QED) is 0.573. The van der Waals surface area contributed by atoms with E-state index in [1.165, 1.54) is 0 Å². The summed E-state index contributed by atoms with van der Waals surface area (Å²) in [6.07, 6.45) is 1.58. The van der Waals surface area contributed by atoms with Crippen molar-refractivity contribution < 1.29 is 18.9 Å². The van der Waals surface area contributed by atoms with Crippen molar-refractivity contribution >= 4 is 18.3 Å². The molecule has 0 fully saturated rings. The Kier molecular flexibility index (Phi) is 3.03. The van der Waals surface area contributed by atoms with Crippen molar-refractivity contribution in [3.8, 4) is 0 Å². The Labute approximate surface area is 86.5 Å². The average molecular weight is 207 g/mol. The first-order chi connectivity index (χ1) is 7.31. The number of fused-ring (bicyclic) bond motifs is 1. The van der Waals surface area contributed by atoms with E-state index in [1.54, 1.807) is 6.26 Å². The summed E-state index contributed by atoms with van der Waals surface area (Å²) < 4.78 is 14.2. The zero-order valence-electron chi connectivity index (χ0n) is 7.92.